The van der Waals surface area contributed by atoms with Crippen LogP contribution < -0.4 is 4.74 Å². The van der Waals surface area contributed by atoms with Crippen LogP contribution in [-0.4, -0.2) is 33.5 Å². The predicted molar refractivity (Wildman–Crippen MR) is 85.5 cm³/mol. The van der Waals surface area contributed by atoms with Crippen LogP contribution >= 0.6 is 15.9 Å². The van der Waals surface area contributed by atoms with Crippen LogP contribution in [0.2, 0.25) is 0 Å². The lowest BCUT2D eigenvalue weighted by Gasteiger charge is -2.28. The van der Waals surface area contributed by atoms with E-state index in [1.165, 1.54) is 0 Å². The first-order valence-corrected chi connectivity index (χ1v) is 9.62. The van der Waals surface area contributed by atoms with E-state index in [2.05, 4.69) is 15.9 Å². The maximum absolute atomic E-state index is 11.8. The molecule has 1 aliphatic carbocycles. The molecule has 0 heterocycles. The van der Waals surface area contributed by atoms with Gasteiger partial charge in [-0.2, -0.15) is 0 Å². The minimum absolute atomic E-state index is 0.0979. The molecule has 0 aliphatic heterocycles. The van der Waals surface area contributed by atoms with E-state index in [4.69, 9.17) is 9.47 Å². The van der Waals surface area contributed by atoms with E-state index in [-0.39, 0.29) is 11.9 Å². The van der Waals surface area contributed by atoms with Crippen LogP contribution in [0.3, 0.4) is 0 Å². The second-order valence-corrected chi connectivity index (χ2v) is 8.38. The summed E-state index contributed by atoms with van der Waals surface area (Å²) in [5.74, 6) is 0.798. The minimum Gasteiger partial charge on any atom is -0.489 e. The topological polar surface area (TPSA) is 52.6 Å². The molecule has 0 saturated heterocycles. The van der Waals surface area contributed by atoms with Crippen molar-refractivity contribution in [3.63, 3.8) is 0 Å². The van der Waals surface area contributed by atoms with Crippen molar-refractivity contribution < 1.29 is 17.9 Å². The third-order valence-corrected chi connectivity index (χ3v) is 6.24. The molecule has 0 unspecified atom stereocenters. The first-order valence-electron chi connectivity index (χ1n) is 7.18. The summed E-state index contributed by atoms with van der Waals surface area (Å²) in [4.78, 5) is 0.326. The predicted octanol–water partition coefficient (Wildman–Crippen LogP) is 3.58. The Morgan fingerprint density at radius 1 is 1.19 bits per heavy atom. The van der Waals surface area contributed by atoms with E-state index < -0.39 is 9.84 Å². The molecule has 0 amide bonds. The Kier molecular flexibility index (Phi) is 5.68. The molecule has 1 fully saturated rings. The third kappa shape index (κ3) is 4.20. The van der Waals surface area contributed by atoms with Gasteiger partial charge in [-0.1, -0.05) is 6.92 Å². The average molecular weight is 377 g/mol. The maximum atomic E-state index is 11.8. The largest absolute Gasteiger partial charge is 0.489 e. The molecule has 0 spiro atoms. The van der Waals surface area contributed by atoms with E-state index in [9.17, 15) is 8.42 Å². The molecular weight excluding hydrogens is 356 g/mol. The first-order chi connectivity index (χ1) is 9.96. The standard InChI is InChI=1S/C15H21BrO4S/c1-3-21(17,18)13-8-9-15(14(16)10-13)20-12-6-4-11(19-2)5-7-12/h8-12H,3-7H2,1-2H3. The second-order valence-electron chi connectivity index (χ2n) is 5.25. The van der Waals surface area contributed by atoms with Gasteiger partial charge < -0.3 is 9.47 Å². The molecular formula is C15H21BrO4S. The molecule has 1 aromatic rings. The minimum atomic E-state index is -3.18. The lowest BCUT2D eigenvalue weighted by molar-refractivity contribution is 0.0325. The monoisotopic (exact) mass is 376 g/mol. The van der Waals surface area contributed by atoms with Gasteiger partial charge in [-0.25, -0.2) is 8.42 Å². The van der Waals surface area contributed by atoms with Crippen molar-refractivity contribution in [2.75, 3.05) is 12.9 Å². The van der Waals surface area contributed by atoms with Crippen molar-refractivity contribution in [2.45, 2.75) is 49.7 Å². The van der Waals surface area contributed by atoms with Crippen LogP contribution in [0.5, 0.6) is 5.75 Å². The molecule has 118 valence electrons. The zero-order chi connectivity index (χ0) is 15.5. The molecule has 0 bridgehead atoms. The molecule has 1 aromatic carbocycles. The van der Waals surface area contributed by atoms with Crippen molar-refractivity contribution >= 4 is 25.8 Å². The van der Waals surface area contributed by atoms with Gasteiger partial charge in [-0.15, -0.1) is 0 Å². The van der Waals surface area contributed by atoms with E-state index in [0.29, 0.717) is 21.2 Å². The fraction of sp³-hybridized carbons (Fsp3) is 0.600. The molecule has 0 atom stereocenters. The SMILES string of the molecule is CCS(=O)(=O)c1ccc(OC2CCC(OC)CC2)c(Br)c1. The molecule has 6 heteroatoms. The summed E-state index contributed by atoms with van der Waals surface area (Å²) in [6.07, 6.45) is 4.42. The van der Waals surface area contributed by atoms with Crippen LogP contribution in [-0.2, 0) is 14.6 Å². The van der Waals surface area contributed by atoms with Crippen LogP contribution in [0.25, 0.3) is 0 Å². The maximum Gasteiger partial charge on any atom is 0.178 e. The zero-order valence-corrected chi connectivity index (χ0v) is 14.7. The Morgan fingerprint density at radius 3 is 2.33 bits per heavy atom. The van der Waals surface area contributed by atoms with Crippen molar-refractivity contribution in [1.82, 2.24) is 0 Å². The third-order valence-electron chi connectivity index (χ3n) is 3.89. The summed E-state index contributed by atoms with van der Waals surface area (Å²) >= 11 is 3.41. The van der Waals surface area contributed by atoms with Crippen LogP contribution in [0.1, 0.15) is 32.6 Å². The fourth-order valence-corrected chi connectivity index (χ4v) is 4.03. The molecule has 0 N–H and O–H groups in total. The highest BCUT2D eigenvalue weighted by Crippen LogP contribution is 2.32. The van der Waals surface area contributed by atoms with Crippen molar-refractivity contribution in [2.24, 2.45) is 0 Å². The number of rotatable bonds is 5. The summed E-state index contributed by atoms with van der Waals surface area (Å²) in [5, 5.41) is 0. The Bertz CT molecular complexity index is 577. The number of methoxy groups -OCH3 is 1. The van der Waals surface area contributed by atoms with Gasteiger partial charge in [0.15, 0.2) is 9.84 Å². The summed E-state index contributed by atoms with van der Waals surface area (Å²) in [6.45, 7) is 1.64. The summed E-state index contributed by atoms with van der Waals surface area (Å²) in [7, 11) is -1.44. The normalized spacial score (nSPS) is 23.0. The summed E-state index contributed by atoms with van der Waals surface area (Å²) in [6, 6.07) is 4.96. The fourth-order valence-electron chi connectivity index (χ4n) is 2.50. The lowest BCUT2D eigenvalue weighted by Crippen LogP contribution is -2.27. The van der Waals surface area contributed by atoms with E-state index in [0.717, 1.165) is 25.7 Å². The highest BCUT2D eigenvalue weighted by Gasteiger charge is 2.23. The Morgan fingerprint density at radius 2 is 1.81 bits per heavy atom. The zero-order valence-electron chi connectivity index (χ0n) is 12.3. The first kappa shape index (κ1) is 16.8. The van der Waals surface area contributed by atoms with Gasteiger partial charge in [-0.3, -0.25) is 0 Å². The number of hydrogen-bond donors (Lipinski definition) is 0. The highest BCUT2D eigenvalue weighted by atomic mass is 79.9. The van der Waals surface area contributed by atoms with Crippen molar-refractivity contribution in [1.29, 1.82) is 0 Å². The number of hydrogen-bond acceptors (Lipinski definition) is 4. The van der Waals surface area contributed by atoms with Crippen molar-refractivity contribution in [3.8, 4) is 5.75 Å². The molecule has 21 heavy (non-hydrogen) atoms. The van der Waals surface area contributed by atoms with Crippen LogP contribution in [0.4, 0.5) is 0 Å². The molecule has 0 aromatic heterocycles. The summed E-state index contributed by atoms with van der Waals surface area (Å²) in [5.41, 5.74) is 0. The van der Waals surface area contributed by atoms with E-state index >= 15 is 0 Å². The second kappa shape index (κ2) is 7.11. The molecule has 4 nitrogen and oxygen atoms in total. The van der Waals surface area contributed by atoms with Crippen LogP contribution in [0.15, 0.2) is 27.6 Å². The number of benzene rings is 1. The number of sulfone groups is 1. The van der Waals surface area contributed by atoms with E-state index in [1.54, 1.807) is 32.2 Å². The van der Waals surface area contributed by atoms with Gasteiger partial charge in [0.2, 0.25) is 0 Å². The Balaban J connectivity index is 2.05. The van der Waals surface area contributed by atoms with Gasteiger partial charge >= 0.3 is 0 Å². The van der Waals surface area contributed by atoms with Gasteiger partial charge in [0.1, 0.15) is 5.75 Å². The highest BCUT2D eigenvalue weighted by molar-refractivity contribution is 9.10. The molecule has 2 rings (SSSR count). The van der Waals surface area contributed by atoms with E-state index in [1.807, 2.05) is 0 Å². The smallest absolute Gasteiger partial charge is 0.178 e. The number of halogens is 1. The molecule has 0 radical (unpaired) electrons. The van der Waals surface area contributed by atoms with Gasteiger partial charge in [0.25, 0.3) is 0 Å². The van der Waals surface area contributed by atoms with Gasteiger partial charge in [0.05, 0.1) is 27.3 Å². The quantitative estimate of drug-likeness (QED) is 0.787. The number of ether oxygens (including phenoxy) is 2. The van der Waals surface area contributed by atoms with Crippen molar-refractivity contribution in [3.05, 3.63) is 22.7 Å². The lowest BCUT2D eigenvalue weighted by atomic mass is 9.95. The summed E-state index contributed by atoms with van der Waals surface area (Å²) < 4.78 is 35.7. The van der Waals surface area contributed by atoms with Crippen LogP contribution in [0, 0.1) is 0 Å². The molecule has 1 aliphatic rings. The van der Waals surface area contributed by atoms with Gasteiger partial charge in [0, 0.05) is 7.11 Å². The Hall–Kier alpha value is -0.590. The van der Waals surface area contributed by atoms with Gasteiger partial charge in [-0.05, 0) is 59.8 Å². The Labute approximate surface area is 134 Å². The molecule has 1 saturated carbocycles. The average Bonchev–Trinajstić information content (AvgIpc) is 2.50.